The Morgan fingerprint density at radius 3 is 2.41 bits per heavy atom. The summed E-state index contributed by atoms with van der Waals surface area (Å²) in [6.07, 6.45) is 2.67. The van der Waals surface area contributed by atoms with E-state index in [4.69, 9.17) is 0 Å². The average molecular weight is 400 g/mol. The topological polar surface area (TPSA) is 60.9 Å². The second-order valence-electron chi connectivity index (χ2n) is 8.61. The summed E-state index contributed by atoms with van der Waals surface area (Å²) in [6.45, 7) is 5.95. The summed E-state index contributed by atoms with van der Waals surface area (Å²) in [6, 6.07) is 8.03. The Kier molecular flexibility index (Phi) is 6.60. The minimum atomic E-state index is -0.298. The molecule has 2 heterocycles. The summed E-state index contributed by atoms with van der Waals surface area (Å²) in [7, 11) is 3.55. The lowest BCUT2D eigenvalue weighted by Gasteiger charge is -2.33. The number of hydrogen-bond donors (Lipinski definition) is 0. The summed E-state index contributed by atoms with van der Waals surface area (Å²) < 4.78 is 0. The maximum atomic E-state index is 13.1. The average Bonchev–Trinajstić information content (AvgIpc) is 3.13. The Morgan fingerprint density at radius 1 is 1.14 bits per heavy atom. The van der Waals surface area contributed by atoms with Crippen LogP contribution in [0.2, 0.25) is 0 Å². The van der Waals surface area contributed by atoms with E-state index in [9.17, 15) is 14.4 Å². The van der Waals surface area contributed by atoms with Crippen molar-refractivity contribution in [3.63, 3.8) is 0 Å². The molecule has 2 atom stereocenters. The van der Waals surface area contributed by atoms with Gasteiger partial charge >= 0.3 is 0 Å². The van der Waals surface area contributed by atoms with Crippen LogP contribution in [0.4, 0.5) is 5.69 Å². The van der Waals surface area contributed by atoms with Crippen LogP contribution in [-0.2, 0) is 14.4 Å². The van der Waals surface area contributed by atoms with E-state index in [1.807, 2.05) is 23.1 Å². The molecule has 2 fully saturated rings. The minimum Gasteiger partial charge on any atom is -0.349 e. The van der Waals surface area contributed by atoms with Crippen molar-refractivity contribution in [2.75, 3.05) is 38.6 Å². The fourth-order valence-electron chi connectivity index (χ4n) is 4.45. The zero-order valence-electron chi connectivity index (χ0n) is 18.1. The fraction of sp³-hybridized carbons (Fsp3) is 0.609. The lowest BCUT2D eigenvalue weighted by molar-refractivity contribution is -0.141. The van der Waals surface area contributed by atoms with Crippen molar-refractivity contribution < 1.29 is 14.4 Å². The first-order chi connectivity index (χ1) is 13.8. The van der Waals surface area contributed by atoms with E-state index in [-0.39, 0.29) is 36.0 Å². The number of carbonyl (C=O) groups excluding carboxylic acids is 3. The molecule has 2 aliphatic rings. The highest BCUT2D eigenvalue weighted by molar-refractivity contribution is 6.01. The van der Waals surface area contributed by atoms with E-state index in [0.717, 1.165) is 12.1 Å². The molecule has 2 aliphatic heterocycles. The van der Waals surface area contributed by atoms with Crippen LogP contribution in [0.25, 0.3) is 0 Å². The molecule has 0 N–H and O–H groups in total. The number of likely N-dealkylation sites (tertiary alicyclic amines) is 1. The van der Waals surface area contributed by atoms with Gasteiger partial charge in [-0.05, 0) is 36.8 Å². The van der Waals surface area contributed by atoms with Gasteiger partial charge in [-0.25, -0.2) is 0 Å². The molecule has 0 bridgehead atoms. The normalized spacial score (nSPS) is 21.4. The van der Waals surface area contributed by atoms with Gasteiger partial charge in [-0.15, -0.1) is 0 Å². The molecule has 2 unspecified atom stereocenters. The molecule has 1 aromatic carbocycles. The van der Waals surface area contributed by atoms with Crippen molar-refractivity contribution >= 4 is 23.4 Å². The Hall–Kier alpha value is -2.37. The lowest BCUT2D eigenvalue weighted by Crippen LogP contribution is -2.45. The third-order valence-corrected chi connectivity index (χ3v) is 6.44. The first kappa shape index (κ1) is 21.3. The van der Waals surface area contributed by atoms with Crippen molar-refractivity contribution in [3.8, 4) is 0 Å². The van der Waals surface area contributed by atoms with Gasteiger partial charge in [-0.3, -0.25) is 14.4 Å². The van der Waals surface area contributed by atoms with E-state index in [2.05, 4.69) is 19.9 Å². The second kappa shape index (κ2) is 8.97. The van der Waals surface area contributed by atoms with Crippen LogP contribution in [0.1, 0.15) is 51.0 Å². The number of nitrogens with zero attached hydrogens (tertiary/aromatic N) is 3. The molecule has 1 aromatic rings. The van der Waals surface area contributed by atoms with E-state index < -0.39 is 0 Å². The lowest BCUT2D eigenvalue weighted by atomic mass is 9.94. The molecule has 2 saturated heterocycles. The van der Waals surface area contributed by atoms with Gasteiger partial charge in [0.05, 0.1) is 5.92 Å². The Bertz CT molecular complexity index is 768. The maximum absolute atomic E-state index is 13.1. The summed E-state index contributed by atoms with van der Waals surface area (Å²) in [5, 5.41) is 0. The zero-order chi connectivity index (χ0) is 21.1. The Balaban J connectivity index is 1.66. The summed E-state index contributed by atoms with van der Waals surface area (Å²) in [4.78, 5) is 43.2. The molecular weight excluding hydrogens is 366 g/mol. The highest BCUT2D eigenvalue weighted by Crippen LogP contribution is 2.34. The van der Waals surface area contributed by atoms with Crippen LogP contribution in [0.3, 0.4) is 0 Å². The smallest absolute Gasteiger partial charge is 0.228 e. The maximum Gasteiger partial charge on any atom is 0.228 e. The van der Waals surface area contributed by atoms with Crippen LogP contribution in [0.15, 0.2) is 24.3 Å². The third kappa shape index (κ3) is 4.46. The Morgan fingerprint density at radius 2 is 1.79 bits per heavy atom. The summed E-state index contributed by atoms with van der Waals surface area (Å²) in [5.41, 5.74) is 2.11. The van der Waals surface area contributed by atoms with Crippen LogP contribution >= 0.6 is 0 Å². The molecule has 0 aliphatic carbocycles. The molecule has 3 amide bonds. The van der Waals surface area contributed by atoms with Gasteiger partial charge in [-0.1, -0.05) is 32.0 Å². The van der Waals surface area contributed by atoms with Crippen molar-refractivity contribution in [2.45, 2.75) is 45.4 Å². The van der Waals surface area contributed by atoms with Gasteiger partial charge in [0.25, 0.3) is 0 Å². The minimum absolute atomic E-state index is 0.00170. The van der Waals surface area contributed by atoms with Crippen molar-refractivity contribution in [1.29, 1.82) is 0 Å². The highest BCUT2D eigenvalue weighted by Gasteiger charge is 2.39. The summed E-state index contributed by atoms with van der Waals surface area (Å²) in [5.74, 6) is 0.282. The number of anilines is 1. The summed E-state index contributed by atoms with van der Waals surface area (Å²) >= 11 is 0. The number of carbonyl (C=O) groups is 3. The highest BCUT2D eigenvalue weighted by atomic mass is 16.2. The molecule has 6 heteroatoms. The number of para-hydroxylation sites is 1. The van der Waals surface area contributed by atoms with Gasteiger partial charge in [0.1, 0.15) is 0 Å². The largest absolute Gasteiger partial charge is 0.349 e. The van der Waals surface area contributed by atoms with Crippen molar-refractivity contribution in [2.24, 2.45) is 11.8 Å². The number of benzene rings is 1. The molecule has 0 radical (unpaired) electrons. The molecule has 158 valence electrons. The van der Waals surface area contributed by atoms with Crippen LogP contribution in [-0.4, -0.2) is 61.3 Å². The molecule has 0 spiro atoms. The molecule has 0 saturated carbocycles. The van der Waals surface area contributed by atoms with Gasteiger partial charge in [0.15, 0.2) is 0 Å². The molecule has 29 heavy (non-hydrogen) atoms. The van der Waals surface area contributed by atoms with Crippen LogP contribution in [0.5, 0.6) is 0 Å². The van der Waals surface area contributed by atoms with Gasteiger partial charge in [0, 0.05) is 51.8 Å². The van der Waals surface area contributed by atoms with Crippen LogP contribution in [0, 0.1) is 11.8 Å². The monoisotopic (exact) mass is 399 g/mol. The number of amides is 3. The first-order valence-corrected chi connectivity index (χ1v) is 10.7. The predicted octanol–water partition coefficient (Wildman–Crippen LogP) is 2.88. The number of piperidine rings is 1. The van der Waals surface area contributed by atoms with Gasteiger partial charge in [-0.2, -0.15) is 0 Å². The first-order valence-electron chi connectivity index (χ1n) is 10.7. The van der Waals surface area contributed by atoms with E-state index in [1.54, 1.807) is 23.9 Å². The Labute approximate surface area is 173 Å². The van der Waals surface area contributed by atoms with E-state index >= 15 is 0 Å². The predicted molar refractivity (Wildman–Crippen MR) is 114 cm³/mol. The number of hydrogen-bond acceptors (Lipinski definition) is 3. The molecule has 6 nitrogen and oxygen atoms in total. The third-order valence-electron chi connectivity index (χ3n) is 6.44. The SMILES string of the molecule is CCC(C)c1ccccc1N1CC(C(=O)N2CCC(C(=O)N(C)C)CC2)CC1=O. The quantitative estimate of drug-likeness (QED) is 0.765. The number of rotatable bonds is 5. The standard InChI is InChI=1S/C23H33N3O3/c1-5-16(2)19-8-6-7-9-20(19)26-15-18(14-21(26)27)23(29)25-12-10-17(11-13-25)22(28)24(3)4/h6-9,16-18H,5,10-15H2,1-4H3. The van der Waals surface area contributed by atoms with E-state index in [0.29, 0.717) is 38.4 Å². The molecule has 3 rings (SSSR count). The van der Waals surface area contributed by atoms with Gasteiger partial charge < -0.3 is 14.7 Å². The molecular formula is C23H33N3O3. The fourth-order valence-corrected chi connectivity index (χ4v) is 4.45. The second-order valence-corrected chi connectivity index (χ2v) is 8.61. The van der Waals surface area contributed by atoms with Crippen molar-refractivity contribution in [3.05, 3.63) is 29.8 Å². The van der Waals surface area contributed by atoms with Crippen LogP contribution < -0.4 is 4.90 Å². The molecule has 0 aromatic heterocycles. The van der Waals surface area contributed by atoms with E-state index in [1.165, 1.54) is 5.56 Å². The zero-order valence-corrected chi connectivity index (χ0v) is 18.1. The van der Waals surface area contributed by atoms with Crippen molar-refractivity contribution in [1.82, 2.24) is 9.80 Å². The van der Waals surface area contributed by atoms with Gasteiger partial charge in [0.2, 0.25) is 17.7 Å².